The van der Waals surface area contributed by atoms with E-state index in [-0.39, 0.29) is 12.0 Å². The van der Waals surface area contributed by atoms with Crippen LogP contribution in [0, 0.1) is 22.7 Å². The van der Waals surface area contributed by atoms with Crippen LogP contribution in [-0.2, 0) is 9.53 Å². The van der Waals surface area contributed by atoms with Gasteiger partial charge in [0.1, 0.15) is 6.10 Å². The maximum atomic E-state index is 14.0. The lowest BCUT2D eigenvalue weighted by atomic mass is 9.65. The van der Waals surface area contributed by atoms with E-state index >= 15 is 0 Å². The van der Waals surface area contributed by atoms with E-state index in [9.17, 15) is 18.0 Å². The van der Waals surface area contributed by atoms with E-state index < -0.39 is 23.0 Å². The lowest BCUT2D eigenvalue weighted by Gasteiger charge is -2.42. The standard InChI is InChI=1S/C18H27F3O2/c1-11(2)10-17(16(3,4)5,18(19,20)21)15(22)23-14-9-12-6-7-13(14)8-12/h10,12-14H,6-9H2,1-5H3. The Labute approximate surface area is 136 Å². The zero-order valence-corrected chi connectivity index (χ0v) is 14.6. The van der Waals surface area contributed by atoms with Gasteiger partial charge in [-0.05, 0) is 56.8 Å². The lowest BCUT2D eigenvalue weighted by Crippen LogP contribution is -2.54. The van der Waals surface area contributed by atoms with Crippen LogP contribution in [0.4, 0.5) is 13.2 Å². The molecule has 0 radical (unpaired) electrons. The molecule has 2 aliphatic rings. The van der Waals surface area contributed by atoms with Gasteiger partial charge in [0.25, 0.3) is 0 Å². The average Bonchev–Trinajstić information content (AvgIpc) is 2.94. The molecule has 0 aromatic carbocycles. The van der Waals surface area contributed by atoms with Gasteiger partial charge in [0, 0.05) is 0 Å². The fourth-order valence-corrected chi connectivity index (χ4v) is 4.20. The van der Waals surface area contributed by atoms with Gasteiger partial charge < -0.3 is 4.74 Å². The molecular weight excluding hydrogens is 305 g/mol. The summed E-state index contributed by atoms with van der Waals surface area (Å²) in [7, 11) is 0. The Morgan fingerprint density at radius 2 is 1.70 bits per heavy atom. The molecule has 23 heavy (non-hydrogen) atoms. The molecule has 4 unspecified atom stereocenters. The van der Waals surface area contributed by atoms with Gasteiger partial charge >= 0.3 is 12.1 Å². The second-order valence-electron chi connectivity index (χ2n) is 8.40. The van der Waals surface area contributed by atoms with Crippen molar-refractivity contribution in [1.82, 2.24) is 0 Å². The molecule has 0 aromatic heterocycles. The summed E-state index contributed by atoms with van der Waals surface area (Å²) in [4.78, 5) is 12.7. The number of ether oxygens (including phenoxy) is 1. The van der Waals surface area contributed by atoms with Gasteiger partial charge in [-0.2, -0.15) is 13.2 Å². The molecule has 132 valence electrons. The maximum Gasteiger partial charge on any atom is 0.408 e. The first kappa shape index (κ1) is 18.3. The number of halogens is 3. The van der Waals surface area contributed by atoms with E-state index in [4.69, 9.17) is 4.74 Å². The topological polar surface area (TPSA) is 26.3 Å². The van der Waals surface area contributed by atoms with Crippen molar-refractivity contribution in [2.24, 2.45) is 22.7 Å². The molecule has 0 heterocycles. The molecule has 0 spiro atoms. The highest BCUT2D eigenvalue weighted by molar-refractivity contribution is 5.81. The number of hydrogen-bond donors (Lipinski definition) is 0. The van der Waals surface area contributed by atoms with Crippen LogP contribution in [0.3, 0.4) is 0 Å². The molecule has 2 nitrogen and oxygen atoms in total. The first-order valence-electron chi connectivity index (χ1n) is 8.32. The minimum absolute atomic E-state index is 0.238. The summed E-state index contributed by atoms with van der Waals surface area (Å²) >= 11 is 0. The fraction of sp³-hybridized carbons (Fsp3) is 0.833. The molecule has 2 fully saturated rings. The van der Waals surface area contributed by atoms with Crippen LogP contribution in [0.5, 0.6) is 0 Å². The van der Waals surface area contributed by atoms with Crippen molar-refractivity contribution in [3.63, 3.8) is 0 Å². The van der Waals surface area contributed by atoms with Crippen molar-refractivity contribution in [3.05, 3.63) is 11.6 Å². The van der Waals surface area contributed by atoms with Crippen LogP contribution in [0.15, 0.2) is 11.6 Å². The lowest BCUT2D eigenvalue weighted by molar-refractivity contribution is -0.248. The highest BCUT2D eigenvalue weighted by Crippen LogP contribution is 2.55. The SMILES string of the molecule is CC(C)=CC(C(=O)OC1CC2CCC1C2)(C(C)(C)C)C(F)(F)F. The molecule has 2 bridgehead atoms. The van der Waals surface area contributed by atoms with Gasteiger partial charge in [0.05, 0.1) is 0 Å². The van der Waals surface area contributed by atoms with E-state index in [1.54, 1.807) is 13.8 Å². The van der Waals surface area contributed by atoms with Gasteiger partial charge in [-0.25, -0.2) is 0 Å². The number of esters is 1. The van der Waals surface area contributed by atoms with Crippen LogP contribution in [0.1, 0.15) is 60.3 Å². The fourth-order valence-electron chi connectivity index (χ4n) is 4.20. The quantitative estimate of drug-likeness (QED) is 0.519. The van der Waals surface area contributed by atoms with Crippen molar-refractivity contribution < 1.29 is 22.7 Å². The molecule has 4 atom stereocenters. The van der Waals surface area contributed by atoms with Crippen LogP contribution < -0.4 is 0 Å². The number of carbonyl (C=O) groups excluding carboxylic acids is 1. The Balaban J connectivity index is 2.36. The molecule has 0 amide bonds. The molecule has 2 saturated carbocycles. The monoisotopic (exact) mass is 332 g/mol. The van der Waals surface area contributed by atoms with Gasteiger partial charge in [-0.15, -0.1) is 0 Å². The summed E-state index contributed by atoms with van der Waals surface area (Å²) in [5, 5.41) is 0. The zero-order chi connectivity index (χ0) is 17.6. The first-order valence-corrected chi connectivity index (χ1v) is 8.32. The van der Waals surface area contributed by atoms with E-state index in [0.29, 0.717) is 17.9 Å². The minimum atomic E-state index is -4.70. The summed E-state index contributed by atoms with van der Waals surface area (Å²) in [5.74, 6) is -0.394. The van der Waals surface area contributed by atoms with Gasteiger partial charge in [-0.1, -0.05) is 32.4 Å². The molecule has 0 aliphatic heterocycles. The van der Waals surface area contributed by atoms with Crippen molar-refractivity contribution in [2.45, 2.75) is 72.6 Å². The summed E-state index contributed by atoms with van der Waals surface area (Å²) in [5.41, 5.74) is -3.47. The third-order valence-electron chi connectivity index (χ3n) is 5.39. The van der Waals surface area contributed by atoms with Gasteiger partial charge in [-0.3, -0.25) is 4.79 Å². The Kier molecular flexibility index (Phi) is 4.64. The van der Waals surface area contributed by atoms with Gasteiger partial charge in [0.15, 0.2) is 5.41 Å². The second-order valence-corrected chi connectivity index (χ2v) is 8.40. The molecule has 2 rings (SSSR count). The average molecular weight is 332 g/mol. The van der Waals surface area contributed by atoms with E-state index in [0.717, 1.165) is 25.3 Å². The van der Waals surface area contributed by atoms with Crippen molar-refractivity contribution >= 4 is 5.97 Å². The largest absolute Gasteiger partial charge is 0.461 e. The third-order valence-corrected chi connectivity index (χ3v) is 5.39. The zero-order valence-electron chi connectivity index (χ0n) is 14.6. The number of alkyl halides is 3. The number of allylic oxidation sites excluding steroid dienone is 1. The summed E-state index contributed by atoms with van der Waals surface area (Å²) in [6, 6.07) is 0. The van der Waals surface area contributed by atoms with Crippen LogP contribution >= 0.6 is 0 Å². The number of fused-ring (bicyclic) bond motifs is 2. The van der Waals surface area contributed by atoms with Crippen LogP contribution in [-0.4, -0.2) is 18.2 Å². The Morgan fingerprint density at radius 1 is 1.09 bits per heavy atom. The smallest absolute Gasteiger partial charge is 0.408 e. The van der Waals surface area contributed by atoms with Crippen LogP contribution in [0.25, 0.3) is 0 Å². The Morgan fingerprint density at radius 3 is 2.04 bits per heavy atom. The molecule has 0 saturated heterocycles. The normalized spacial score (nSPS) is 30.0. The maximum absolute atomic E-state index is 14.0. The third kappa shape index (κ3) is 3.16. The minimum Gasteiger partial charge on any atom is -0.461 e. The van der Waals surface area contributed by atoms with E-state index in [1.807, 2.05) is 0 Å². The highest BCUT2D eigenvalue weighted by atomic mass is 19.4. The second kappa shape index (κ2) is 5.82. The van der Waals surface area contributed by atoms with E-state index in [1.165, 1.54) is 20.8 Å². The van der Waals surface area contributed by atoms with E-state index in [2.05, 4.69) is 0 Å². The predicted octanol–water partition coefficient (Wildman–Crippen LogP) is 5.28. The van der Waals surface area contributed by atoms with Gasteiger partial charge in [0.2, 0.25) is 0 Å². The summed E-state index contributed by atoms with van der Waals surface area (Å²) in [6.07, 6.45) is -0.246. The molecule has 0 aromatic rings. The summed E-state index contributed by atoms with van der Waals surface area (Å²) < 4.78 is 47.5. The highest BCUT2D eigenvalue weighted by Gasteiger charge is 2.66. The molecule has 5 heteroatoms. The molecular formula is C18H27F3O2. The Bertz CT molecular complexity index is 481. The number of hydrogen-bond acceptors (Lipinski definition) is 2. The summed E-state index contributed by atoms with van der Waals surface area (Å²) in [6.45, 7) is 7.50. The number of rotatable bonds is 3. The van der Waals surface area contributed by atoms with Crippen molar-refractivity contribution in [2.75, 3.05) is 0 Å². The van der Waals surface area contributed by atoms with Crippen molar-refractivity contribution in [3.8, 4) is 0 Å². The molecule has 2 aliphatic carbocycles. The molecule has 0 N–H and O–H groups in total. The first-order chi connectivity index (χ1) is 10.4. The predicted molar refractivity (Wildman–Crippen MR) is 82.7 cm³/mol. The van der Waals surface area contributed by atoms with Crippen LogP contribution in [0.2, 0.25) is 0 Å². The Hall–Kier alpha value is -1.00. The van der Waals surface area contributed by atoms with Crippen molar-refractivity contribution in [1.29, 1.82) is 0 Å². The number of carbonyl (C=O) groups is 1.